The highest BCUT2D eigenvalue weighted by atomic mass is 16.4. The van der Waals surface area contributed by atoms with Crippen LogP contribution in [0.2, 0.25) is 0 Å². The van der Waals surface area contributed by atoms with Gasteiger partial charge in [-0.1, -0.05) is 0 Å². The molecule has 1 aromatic rings. The number of aliphatic carboxylic acids is 1. The van der Waals surface area contributed by atoms with Gasteiger partial charge in [0.15, 0.2) is 0 Å². The Hall–Kier alpha value is -1.32. The van der Waals surface area contributed by atoms with Gasteiger partial charge < -0.3 is 9.67 Å². The summed E-state index contributed by atoms with van der Waals surface area (Å²) in [5.74, 6) is -0.718. The van der Waals surface area contributed by atoms with Crippen molar-refractivity contribution in [2.75, 3.05) is 0 Å². The zero-order chi connectivity index (χ0) is 10.7. The van der Waals surface area contributed by atoms with Crippen molar-refractivity contribution in [2.24, 2.45) is 0 Å². The summed E-state index contributed by atoms with van der Waals surface area (Å²) >= 11 is 0. The minimum absolute atomic E-state index is 0.246. The summed E-state index contributed by atoms with van der Waals surface area (Å²) in [6.45, 7) is 0. The van der Waals surface area contributed by atoms with Gasteiger partial charge in [0.05, 0.1) is 6.33 Å². The van der Waals surface area contributed by atoms with Gasteiger partial charge in [-0.15, -0.1) is 0 Å². The molecule has 0 spiro atoms. The van der Waals surface area contributed by atoms with Crippen molar-refractivity contribution in [3.8, 4) is 0 Å². The van der Waals surface area contributed by atoms with Crippen molar-refractivity contribution in [1.82, 2.24) is 9.55 Å². The van der Waals surface area contributed by atoms with Crippen LogP contribution in [0.1, 0.15) is 43.8 Å². The Morgan fingerprint density at radius 3 is 3.00 bits per heavy atom. The molecule has 0 bridgehead atoms. The molecule has 1 fully saturated rings. The fraction of sp³-hybridized carbons (Fsp3) is 0.636. The summed E-state index contributed by atoms with van der Waals surface area (Å²) in [5.41, 5.74) is 1.18. The van der Waals surface area contributed by atoms with Gasteiger partial charge >= 0.3 is 5.97 Å². The van der Waals surface area contributed by atoms with E-state index in [2.05, 4.69) is 9.55 Å². The third-order valence-corrected chi connectivity index (χ3v) is 3.04. The molecule has 15 heavy (non-hydrogen) atoms. The molecule has 0 amide bonds. The lowest BCUT2D eigenvalue weighted by Gasteiger charge is -2.28. The van der Waals surface area contributed by atoms with Crippen LogP contribution >= 0.6 is 0 Å². The number of rotatable bonds is 5. The Bertz CT molecular complexity index is 342. The van der Waals surface area contributed by atoms with Crippen LogP contribution in [-0.2, 0) is 11.2 Å². The predicted octanol–water partition coefficient (Wildman–Crippen LogP) is 2.02. The maximum absolute atomic E-state index is 10.4. The molecule has 0 saturated heterocycles. The SMILES string of the molecule is O=C(O)CCCc1cncn1C1CCC1. The van der Waals surface area contributed by atoms with Gasteiger partial charge in [0, 0.05) is 24.4 Å². The largest absolute Gasteiger partial charge is 0.481 e. The molecule has 0 aromatic carbocycles. The van der Waals surface area contributed by atoms with Crippen LogP contribution in [0.25, 0.3) is 0 Å². The number of hydrogen-bond donors (Lipinski definition) is 1. The Morgan fingerprint density at radius 2 is 2.40 bits per heavy atom. The Kier molecular flexibility index (Phi) is 3.04. The standard InChI is InChI=1S/C11H16N2O2/c14-11(15)6-2-5-10-7-12-8-13(10)9-3-1-4-9/h7-9H,1-6H2,(H,14,15). The van der Waals surface area contributed by atoms with Crippen LogP contribution in [0.3, 0.4) is 0 Å². The lowest BCUT2D eigenvalue weighted by atomic mass is 9.92. The third kappa shape index (κ3) is 2.37. The van der Waals surface area contributed by atoms with Crippen LogP contribution < -0.4 is 0 Å². The van der Waals surface area contributed by atoms with E-state index >= 15 is 0 Å². The van der Waals surface area contributed by atoms with Crippen molar-refractivity contribution in [1.29, 1.82) is 0 Å². The fourth-order valence-corrected chi connectivity index (χ4v) is 1.94. The van der Waals surface area contributed by atoms with Crippen LogP contribution in [0.5, 0.6) is 0 Å². The fourth-order valence-electron chi connectivity index (χ4n) is 1.94. The van der Waals surface area contributed by atoms with E-state index in [4.69, 9.17) is 5.11 Å². The average Bonchev–Trinajstić information content (AvgIpc) is 2.50. The number of aryl methyl sites for hydroxylation is 1. The molecule has 0 unspecified atom stereocenters. The monoisotopic (exact) mass is 208 g/mol. The zero-order valence-corrected chi connectivity index (χ0v) is 8.72. The second-order valence-corrected chi connectivity index (χ2v) is 4.12. The number of carbonyl (C=O) groups is 1. The molecular formula is C11H16N2O2. The van der Waals surface area contributed by atoms with E-state index in [9.17, 15) is 4.79 Å². The van der Waals surface area contributed by atoms with Gasteiger partial charge in [0.2, 0.25) is 0 Å². The van der Waals surface area contributed by atoms with Gasteiger partial charge in [-0.25, -0.2) is 4.98 Å². The van der Waals surface area contributed by atoms with Gasteiger partial charge in [-0.2, -0.15) is 0 Å². The maximum atomic E-state index is 10.4. The number of carboxylic acids is 1. The normalized spacial score (nSPS) is 16.3. The molecular weight excluding hydrogens is 192 g/mol. The molecule has 1 saturated carbocycles. The van der Waals surface area contributed by atoms with Crippen LogP contribution in [0.4, 0.5) is 0 Å². The van der Waals surface area contributed by atoms with Gasteiger partial charge in [-0.3, -0.25) is 4.79 Å². The van der Waals surface area contributed by atoms with E-state index in [1.807, 2.05) is 12.5 Å². The minimum atomic E-state index is -0.718. The summed E-state index contributed by atoms with van der Waals surface area (Å²) in [5, 5.41) is 8.56. The Balaban J connectivity index is 1.89. The Labute approximate surface area is 88.9 Å². The molecule has 2 rings (SSSR count). The summed E-state index contributed by atoms with van der Waals surface area (Å²) in [6, 6.07) is 0.618. The summed E-state index contributed by atoms with van der Waals surface area (Å²) in [6.07, 6.45) is 9.29. The molecule has 1 aliphatic rings. The first-order valence-corrected chi connectivity index (χ1v) is 5.50. The highest BCUT2D eigenvalue weighted by Crippen LogP contribution is 2.32. The van der Waals surface area contributed by atoms with Gasteiger partial charge in [0.25, 0.3) is 0 Å². The van der Waals surface area contributed by atoms with Crippen molar-refractivity contribution < 1.29 is 9.90 Å². The van der Waals surface area contributed by atoms with Crippen molar-refractivity contribution in [3.05, 3.63) is 18.2 Å². The van der Waals surface area contributed by atoms with Crippen LogP contribution in [0.15, 0.2) is 12.5 Å². The van der Waals surface area contributed by atoms with Gasteiger partial charge in [0.1, 0.15) is 0 Å². The number of aromatic nitrogens is 2. The smallest absolute Gasteiger partial charge is 0.303 e. The van der Waals surface area contributed by atoms with Crippen molar-refractivity contribution in [3.63, 3.8) is 0 Å². The second-order valence-electron chi connectivity index (χ2n) is 4.12. The first kappa shape index (κ1) is 10.2. The second kappa shape index (κ2) is 4.47. The Morgan fingerprint density at radius 1 is 1.60 bits per heavy atom. The highest BCUT2D eigenvalue weighted by Gasteiger charge is 2.20. The lowest BCUT2D eigenvalue weighted by Crippen LogP contribution is -2.18. The minimum Gasteiger partial charge on any atom is -0.481 e. The molecule has 4 nitrogen and oxygen atoms in total. The first-order valence-electron chi connectivity index (χ1n) is 5.50. The zero-order valence-electron chi connectivity index (χ0n) is 8.72. The number of hydrogen-bond acceptors (Lipinski definition) is 2. The highest BCUT2D eigenvalue weighted by molar-refractivity contribution is 5.66. The number of carboxylic acid groups (broad SMARTS) is 1. The molecule has 0 atom stereocenters. The summed E-state index contributed by atoms with van der Waals surface area (Å²) < 4.78 is 2.21. The maximum Gasteiger partial charge on any atom is 0.303 e. The molecule has 4 heteroatoms. The third-order valence-electron chi connectivity index (χ3n) is 3.04. The van der Waals surface area contributed by atoms with Crippen molar-refractivity contribution >= 4 is 5.97 Å². The van der Waals surface area contributed by atoms with E-state index in [1.54, 1.807) is 0 Å². The number of nitrogens with zero attached hydrogens (tertiary/aromatic N) is 2. The van der Waals surface area contributed by atoms with Crippen LogP contribution in [-0.4, -0.2) is 20.6 Å². The molecule has 1 heterocycles. The first-order chi connectivity index (χ1) is 7.27. The van der Waals surface area contributed by atoms with E-state index < -0.39 is 5.97 Å². The summed E-state index contributed by atoms with van der Waals surface area (Å²) in [4.78, 5) is 14.5. The van der Waals surface area contributed by atoms with E-state index in [-0.39, 0.29) is 6.42 Å². The molecule has 0 radical (unpaired) electrons. The molecule has 1 aromatic heterocycles. The van der Waals surface area contributed by atoms with Gasteiger partial charge in [-0.05, 0) is 32.1 Å². The van der Waals surface area contributed by atoms with Crippen molar-refractivity contribution in [2.45, 2.75) is 44.6 Å². The van der Waals surface area contributed by atoms with Crippen LogP contribution in [0, 0.1) is 0 Å². The molecule has 82 valence electrons. The molecule has 0 aliphatic heterocycles. The van der Waals surface area contributed by atoms with E-state index in [1.165, 1.54) is 25.0 Å². The van der Waals surface area contributed by atoms with E-state index in [0.717, 1.165) is 6.42 Å². The molecule has 1 N–H and O–H groups in total. The quantitative estimate of drug-likeness (QED) is 0.805. The average molecular weight is 208 g/mol. The predicted molar refractivity (Wildman–Crippen MR) is 55.7 cm³/mol. The molecule has 1 aliphatic carbocycles. The van der Waals surface area contributed by atoms with E-state index in [0.29, 0.717) is 12.5 Å². The lowest BCUT2D eigenvalue weighted by molar-refractivity contribution is -0.137. The topological polar surface area (TPSA) is 55.1 Å². The number of imidazole rings is 1. The summed E-state index contributed by atoms with van der Waals surface area (Å²) in [7, 11) is 0.